The van der Waals surface area contributed by atoms with Crippen molar-refractivity contribution in [2.45, 2.75) is 17.4 Å². The Morgan fingerprint density at radius 2 is 2.04 bits per heavy atom. The maximum absolute atomic E-state index is 13.6. The molecule has 0 spiro atoms. The minimum atomic E-state index is -0.817. The van der Waals surface area contributed by atoms with Crippen molar-refractivity contribution in [1.82, 2.24) is 5.32 Å². The molecule has 1 aliphatic heterocycles. The number of nitrogens with one attached hydrogen (secondary N) is 2. The Bertz CT molecular complexity index is 757. The highest BCUT2D eigenvalue weighted by Crippen LogP contribution is 2.37. The van der Waals surface area contributed by atoms with Gasteiger partial charge in [0, 0.05) is 21.7 Å². The Balaban J connectivity index is 1.73. The molecule has 3 nitrogen and oxygen atoms in total. The predicted molar refractivity (Wildman–Crippen MR) is 88.0 cm³/mol. The number of carbonyl (C=O) groups is 1. The van der Waals surface area contributed by atoms with Crippen LogP contribution >= 0.6 is 23.4 Å². The number of hydrogen-bond donors (Lipinski definition) is 2. The molecule has 2 N–H and O–H groups in total. The van der Waals surface area contributed by atoms with E-state index in [9.17, 15) is 13.6 Å². The van der Waals surface area contributed by atoms with Crippen molar-refractivity contribution in [2.24, 2.45) is 0 Å². The molecule has 2 aromatic carbocycles. The molecule has 2 aromatic rings. The third kappa shape index (κ3) is 3.76. The third-order valence-corrected chi connectivity index (χ3v) is 4.85. The fourth-order valence-electron chi connectivity index (χ4n) is 2.42. The highest BCUT2D eigenvalue weighted by molar-refractivity contribution is 7.99. The van der Waals surface area contributed by atoms with E-state index < -0.39 is 17.7 Å². The van der Waals surface area contributed by atoms with Crippen LogP contribution in [0.1, 0.15) is 18.0 Å². The van der Waals surface area contributed by atoms with Crippen LogP contribution in [0.5, 0.6) is 0 Å². The van der Waals surface area contributed by atoms with Crippen LogP contribution in [0.4, 0.5) is 19.3 Å². The van der Waals surface area contributed by atoms with Crippen molar-refractivity contribution in [3.8, 4) is 0 Å². The van der Waals surface area contributed by atoms with Crippen LogP contribution in [0.2, 0.25) is 5.02 Å². The van der Waals surface area contributed by atoms with Crippen molar-refractivity contribution in [3.05, 3.63) is 58.6 Å². The van der Waals surface area contributed by atoms with Crippen LogP contribution in [0, 0.1) is 11.6 Å². The number of amides is 2. The number of carbonyl (C=O) groups excluding carboxylic acids is 1. The van der Waals surface area contributed by atoms with Crippen molar-refractivity contribution in [3.63, 3.8) is 0 Å². The fraction of sp³-hybridized carbons (Fsp3) is 0.188. The normalized spacial score (nSPS) is 16.6. The molecule has 2 amide bonds. The zero-order valence-electron chi connectivity index (χ0n) is 11.9. The Labute approximate surface area is 141 Å². The zero-order valence-corrected chi connectivity index (χ0v) is 13.5. The number of hydrogen-bond acceptors (Lipinski definition) is 2. The van der Waals surface area contributed by atoms with E-state index in [1.165, 1.54) is 6.07 Å². The maximum atomic E-state index is 13.6. The molecule has 7 heteroatoms. The molecule has 1 unspecified atom stereocenters. The summed E-state index contributed by atoms with van der Waals surface area (Å²) in [5, 5.41) is 5.81. The largest absolute Gasteiger partial charge is 0.331 e. The summed E-state index contributed by atoms with van der Waals surface area (Å²) in [5.41, 5.74) is 0.879. The first kappa shape index (κ1) is 16.1. The molecule has 0 bridgehead atoms. The molecule has 0 saturated heterocycles. The van der Waals surface area contributed by atoms with Crippen molar-refractivity contribution in [1.29, 1.82) is 0 Å². The molecule has 0 aromatic heterocycles. The van der Waals surface area contributed by atoms with Gasteiger partial charge >= 0.3 is 6.03 Å². The van der Waals surface area contributed by atoms with E-state index in [1.807, 2.05) is 18.2 Å². The van der Waals surface area contributed by atoms with Gasteiger partial charge in [-0.15, -0.1) is 11.8 Å². The van der Waals surface area contributed by atoms with Gasteiger partial charge in [0.2, 0.25) is 0 Å². The molecule has 3 rings (SSSR count). The molecule has 0 saturated carbocycles. The monoisotopic (exact) mass is 354 g/mol. The summed E-state index contributed by atoms with van der Waals surface area (Å²) in [6.45, 7) is 0. The van der Waals surface area contributed by atoms with Crippen molar-refractivity contribution in [2.75, 3.05) is 11.1 Å². The summed E-state index contributed by atoms with van der Waals surface area (Å²) in [4.78, 5) is 13.2. The molecule has 23 heavy (non-hydrogen) atoms. The summed E-state index contributed by atoms with van der Waals surface area (Å²) in [6, 6.07) is 7.81. The Kier molecular flexibility index (Phi) is 4.73. The summed E-state index contributed by atoms with van der Waals surface area (Å²) in [6.07, 6.45) is 0.747. The highest BCUT2D eigenvalue weighted by atomic mass is 35.5. The predicted octanol–water partition coefficient (Wildman–Crippen LogP) is 4.98. The van der Waals surface area contributed by atoms with E-state index >= 15 is 0 Å². The van der Waals surface area contributed by atoms with E-state index in [0.29, 0.717) is 5.02 Å². The van der Waals surface area contributed by atoms with Gasteiger partial charge in [0.1, 0.15) is 11.6 Å². The first-order chi connectivity index (χ1) is 11.0. The number of thioether (sulfide) groups is 1. The van der Waals surface area contributed by atoms with Crippen LogP contribution < -0.4 is 10.6 Å². The second kappa shape index (κ2) is 6.76. The molecule has 1 heterocycles. The maximum Gasteiger partial charge on any atom is 0.319 e. The molecule has 1 aliphatic rings. The molecule has 120 valence electrons. The van der Waals surface area contributed by atoms with Gasteiger partial charge in [-0.05, 0) is 42.3 Å². The van der Waals surface area contributed by atoms with Crippen LogP contribution in [0.15, 0.2) is 41.3 Å². The van der Waals surface area contributed by atoms with Gasteiger partial charge in [-0.2, -0.15) is 0 Å². The summed E-state index contributed by atoms with van der Waals surface area (Å²) in [7, 11) is 0. The lowest BCUT2D eigenvalue weighted by molar-refractivity contribution is 0.248. The smallest absolute Gasteiger partial charge is 0.319 e. The van der Waals surface area contributed by atoms with E-state index in [4.69, 9.17) is 11.6 Å². The lowest BCUT2D eigenvalue weighted by atomic mass is 10.0. The quantitative estimate of drug-likeness (QED) is 0.798. The molecule has 0 radical (unpaired) electrons. The Morgan fingerprint density at radius 3 is 2.83 bits per heavy atom. The topological polar surface area (TPSA) is 41.1 Å². The van der Waals surface area contributed by atoms with Gasteiger partial charge < -0.3 is 10.6 Å². The van der Waals surface area contributed by atoms with Crippen molar-refractivity contribution >= 4 is 35.1 Å². The number of benzene rings is 2. The standard InChI is InChI=1S/C16H13ClF2N2OS/c17-9-1-4-15-11(7-9)13(5-6-23-15)20-16(22)21-14-3-2-10(18)8-12(14)19/h1-4,7-8,13H,5-6H2,(H2,20,21,22). The number of anilines is 1. The molecule has 0 aliphatic carbocycles. The van der Waals surface area contributed by atoms with Crippen LogP contribution in [0.3, 0.4) is 0 Å². The lowest BCUT2D eigenvalue weighted by Gasteiger charge is -2.26. The SMILES string of the molecule is O=C(Nc1ccc(F)cc1F)NC1CCSc2ccc(Cl)cc21. The van der Waals surface area contributed by atoms with E-state index in [1.54, 1.807) is 11.8 Å². The van der Waals surface area contributed by atoms with E-state index in [0.717, 1.165) is 34.8 Å². The average molecular weight is 355 g/mol. The summed E-state index contributed by atoms with van der Waals surface area (Å²) in [5.74, 6) is -0.645. The van der Waals surface area contributed by atoms with Gasteiger partial charge in [-0.25, -0.2) is 13.6 Å². The molecular formula is C16H13ClF2N2OS. The second-order valence-electron chi connectivity index (χ2n) is 5.09. The Morgan fingerprint density at radius 1 is 1.22 bits per heavy atom. The number of rotatable bonds is 2. The van der Waals surface area contributed by atoms with Crippen LogP contribution in [0.25, 0.3) is 0 Å². The third-order valence-electron chi connectivity index (χ3n) is 3.50. The molecule has 0 fully saturated rings. The van der Waals surface area contributed by atoms with Gasteiger partial charge in [0.15, 0.2) is 0 Å². The summed E-state index contributed by atoms with van der Waals surface area (Å²) >= 11 is 7.73. The number of fused-ring (bicyclic) bond motifs is 1. The van der Waals surface area contributed by atoms with Crippen LogP contribution in [-0.4, -0.2) is 11.8 Å². The number of urea groups is 1. The second-order valence-corrected chi connectivity index (χ2v) is 6.67. The molecule has 1 atom stereocenters. The van der Waals surface area contributed by atoms with Crippen molar-refractivity contribution < 1.29 is 13.6 Å². The fourth-order valence-corrected chi connectivity index (χ4v) is 3.71. The molecular weight excluding hydrogens is 342 g/mol. The summed E-state index contributed by atoms with van der Waals surface area (Å²) < 4.78 is 26.5. The minimum Gasteiger partial charge on any atom is -0.331 e. The van der Waals surface area contributed by atoms with Gasteiger partial charge in [-0.3, -0.25) is 0 Å². The Hall–Kier alpha value is -1.79. The van der Waals surface area contributed by atoms with Crippen LogP contribution in [-0.2, 0) is 0 Å². The highest BCUT2D eigenvalue weighted by Gasteiger charge is 2.23. The lowest BCUT2D eigenvalue weighted by Crippen LogP contribution is -2.34. The van der Waals surface area contributed by atoms with E-state index in [-0.39, 0.29) is 11.7 Å². The number of halogens is 3. The van der Waals surface area contributed by atoms with Gasteiger partial charge in [-0.1, -0.05) is 11.6 Å². The first-order valence-corrected chi connectivity index (χ1v) is 8.34. The van der Waals surface area contributed by atoms with E-state index in [2.05, 4.69) is 10.6 Å². The zero-order chi connectivity index (χ0) is 16.4. The van der Waals surface area contributed by atoms with Gasteiger partial charge in [0.25, 0.3) is 0 Å². The average Bonchev–Trinajstić information content (AvgIpc) is 2.51. The first-order valence-electron chi connectivity index (χ1n) is 6.98. The minimum absolute atomic E-state index is 0.0691. The van der Waals surface area contributed by atoms with Gasteiger partial charge in [0.05, 0.1) is 11.7 Å².